The van der Waals surface area contributed by atoms with Gasteiger partial charge < -0.3 is 9.67 Å². The van der Waals surface area contributed by atoms with Crippen LogP contribution in [0.3, 0.4) is 0 Å². The number of hydrogen-bond acceptors (Lipinski definition) is 3. The van der Waals surface area contributed by atoms with Crippen molar-refractivity contribution in [3.63, 3.8) is 0 Å². The molecule has 5 heteroatoms. The van der Waals surface area contributed by atoms with E-state index in [0.29, 0.717) is 17.7 Å². The van der Waals surface area contributed by atoms with Crippen molar-refractivity contribution in [3.8, 4) is 6.07 Å². The lowest BCUT2D eigenvalue weighted by molar-refractivity contribution is 0.0792. The van der Waals surface area contributed by atoms with Crippen LogP contribution in [0.2, 0.25) is 0 Å². The fraction of sp³-hybridized carbons (Fsp3) is 0.238. The minimum Gasteiger partial charge on any atom is -0.379 e. The van der Waals surface area contributed by atoms with Gasteiger partial charge in [0.25, 0.3) is 0 Å². The van der Waals surface area contributed by atoms with Gasteiger partial charge in [0.2, 0.25) is 0 Å². The average molecular weight is 347 g/mol. The zero-order valence-electron chi connectivity index (χ0n) is 14.4. The number of aromatic nitrogens is 2. The van der Waals surface area contributed by atoms with Crippen molar-refractivity contribution in [2.45, 2.75) is 31.4 Å². The third-order valence-corrected chi connectivity index (χ3v) is 5.22. The van der Waals surface area contributed by atoms with Gasteiger partial charge in [-0.2, -0.15) is 5.26 Å². The van der Waals surface area contributed by atoms with Crippen LogP contribution >= 0.6 is 0 Å². The molecule has 0 bridgehead atoms. The Bertz CT molecular complexity index is 1020. The third kappa shape index (κ3) is 2.42. The van der Waals surface area contributed by atoms with Crippen molar-refractivity contribution < 1.29 is 9.50 Å². The van der Waals surface area contributed by atoms with Crippen molar-refractivity contribution in [2.24, 2.45) is 0 Å². The molecule has 4 rings (SSSR count). The minimum atomic E-state index is -1.23. The molecule has 26 heavy (non-hydrogen) atoms. The Morgan fingerprint density at radius 1 is 1.35 bits per heavy atom. The van der Waals surface area contributed by atoms with E-state index in [4.69, 9.17) is 5.26 Å². The van der Waals surface area contributed by atoms with E-state index >= 15 is 0 Å². The van der Waals surface area contributed by atoms with E-state index in [-0.39, 0.29) is 11.6 Å². The summed E-state index contributed by atoms with van der Waals surface area (Å²) in [5.74, 6) is -0.444. The van der Waals surface area contributed by atoms with Crippen LogP contribution in [0.15, 0.2) is 55.0 Å². The lowest BCUT2D eigenvalue weighted by Gasteiger charge is -2.24. The number of halogens is 1. The predicted octanol–water partition coefficient (Wildman–Crippen LogP) is 3.69. The van der Waals surface area contributed by atoms with Crippen LogP contribution in [0.4, 0.5) is 4.39 Å². The molecule has 2 atom stereocenters. The standard InChI is InChI=1S/C21H18FN3O/c1-2-14-4-3-5-16(8-14)21(26)10-19(25-13-24-12-20(21)25)17-7-6-15(11-23)9-18(17)22/h3-9,12-13,19,26H,2,10H2,1H3/t19-,21+/m1/s1. The van der Waals surface area contributed by atoms with Crippen LogP contribution < -0.4 is 0 Å². The number of aryl methyl sites for hydroxylation is 1. The summed E-state index contributed by atoms with van der Waals surface area (Å²) in [6, 6.07) is 13.9. The van der Waals surface area contributed by atoms with Gasteiger partial charge in [-0.15, -0.1) is 0 Å². The molecule has 1 aliphatic rings. The molecule has 0 fully saturated rings. The van der Waals surface area contributed by atoms with E-state index in [1.807, 2.05) is 34.9 Å². The maximum atomic E-state index is 14.6. The smallest absolute Gasteiger partial charge is 0.133 e. The Balaban J connectivity index is 1.81. The topological polar surface area (TPSA) is 61.8 Å². The largest absolute Gasteiger partial charge is 0.379 e. The molecule has 1 aromatic heterocycles. The van der Waals surface area contributed by atoms with Crippen molar-refractivity contribution in [1.82, 2.24) is 9.55 Å². The molecule has 2 aromatic carbocycles. The number of fused-ring (bicyclic) bond motifs is 1. The Kier molecular flexibility index (Phi) is 3.86. The Hall–Kier alpha value is -2.97. The van der Waals surface area contributed by atoms with Crippen molar-refractivity contribution in [2.75, 3.05) is 0 Å². The highest BCUT2D eigenvalue weighted by Gasteiger charge is 2.45. The van der Waals surface area contributed by atoms with E-state index in [0.717, 1.165) is 17.5 Å². The van der Waals surface area contributed by atoms with Crippen LogP contribution in [0.5, 0.6) is 0 Å². The molecule has 0 saturated carbocycles. The molecule has 0 radical (unpaired) electrons. The van der Waals surface area contributed by atoms with Gasteiger partial charge in [0, 0.05) is 12.0 Å². The Morgan fingerprint density at radius 3 is 2.92 bits per heavy atom. The molecule has 3 aromatic rings. The second-order valence-electron chi connectivity index (χ2n) is 6.67. The van der Waals surface area contributed by atoms with E-state index in [9.17, 15) is 9.50 Å². The zero-order valence-corrected chi connectivity index (χ0v) is 14.4. The predicted molar refractivity (Wildman–Crippen MR) is 94.9 cm³/mol. The molecule has 0 unspecified atom stereocenters. The third-order valence-electron chi connectivity index (χ3n) is 5.22. The molecule has 4 nitrogen and oxygen atoms in total. The molecule has 0 amide bonds. The molecule has 2 heterocycles. The first-order chi connectivity index (χ1) is 12.6. The molecular weight excluding hydrogens is 329 g/mol. The van der Waals surface area contributed by atoms with Gasteiger partial charge >= 0.3 is 0 Å². The Labute approximate surface area is 151 Å². The lowest BCUT2D eigenvalue weighted by atomic mass is 9.85. The van der Waals surface area contributed by atoms with Crippen LogP contribution in [0.25, 0.3) is 0 Å². The fourth-order valence-corrected chi connectivity index (χ4v) is 3.80. The quantitative estimate of drug-likeness (QED) is 0.786. The van der Waals surface area contributed by atoms with Crippen LogP contribution in [-0.4, -0.2) is 14.7 Å². The van der Waals surface area contributed by atoms with Crippen LogP contribution in [-0.2, 0) is 12.0 Å². The molecule has 1 N–H and O–H groups in total. The number of hydrogen-bond donors (Lipinski definition) is 1. The van der Waals surface area contributed by atoms with Gasteiger partial charge in [0.15, 0.2) is 0 Å². The average Bonchev–Trinajstić information content (AvgIpc) is 3.25. The van der Waals surface area contributed by atoms with Crippen molar-refractivity contribution in [3.05, 3.63) is 88.8 Å². The number of nitrogens with zero attached hydrogens (tertiary/aromatic N) is 3. The summed E-state index contributed by atoms with van der Waals surface area (Å²) in [6.45, 7) is 2.07. The monoisotopic (exact) mass is 347 g/mol. The molecule has 0 aliphatic carbocycles. The van der Waals surface area contributed by atoms with Crippen LogP contribution in [0.1, 0.15) is 47.3 Å². The van der Waals surface area contributed by atoms with Gasteiger partial charge in [0.05, 0.1) is 35.9 Å². The summed E-state index contributed by atoms with van der Waals surface area (Å²) in [5, 5.41) is 20.5. The first kappa shape index (κ1) is 16.5. The lowest BCUT2D eigenvalue weighted by Crippen LogP contribution is -2.24. The summed E-state index contributed by atoms with van der Waals surface area (Å²) in [5.41, 5.74) is 2.07. The highest BCUT2D eigenvalue weighted by atomic mass is 19.1. The van der Waals surface area contributed by atoms with Crippen LogP contribution in [0, 0.1) is 17.1 Å². The molecule has 0 spiro atoms. The number of aliphatic hydroxyl groups is 1. The van der Waals surface area contributed by atoms with Crippen molar-refractivity contribution in [1.29, 1.82) is 5.26 Å². The van der Waals surface area contributed by atoms with Gasteiger partial charge in [-0.05, 0) is 29.7 Å². The Morgan fingerprint density at radius 2 is 2.19 bits per heavy atom. The first-order valence-corrected chi connectivity index (χ1v) is 8.60. The van der Waals surface area contributed by atoms with Gasteiger partial charge in [0.1, 0.15) is 11.4 Å². The number of rotatable bonds is 3. The summed E-state index contributed by atoms with van der Waals surface area (Å²) < 4.78 is 16.4. The zero-order chi connectivity index (χ0) is 18.3. The van der Waals surface area contributed by atoms with E-state index < -0.39 is 11.4 Å². The van der Waals surface area contributed by atoms with E-state index in [2.05, 4.69) is 11.9 Å². The summed E-state index contributed by atoms with van der Waals surface area (Å²) in [7, 11) is 0. The fourth-order valence-electron chi connectivity index (χ4n) is 3.80. The summed E-state index contributed by atoms with van der Waals surface area (Å²) >= 11 is 0. The van der Waals surface area contributed by atoms with Gasteiger partial charge in [-0.1, -0.05) is 37.3 Å². The highest BCUT2D eigenvalue weighted by Crippen LogP contribution is 2.47. The maximum Gasteiger partial charge on any atom is 0.133 e. The van der Waals surface area contributed by atoms with Crippen molar-refractivity contribution >= 4 is 0 Å². The maximum absolute atomic E-state index is 14.6. The minimum absolute atomic E-state index is 0.279. The van der Waals surface area contributed by atoms with Gasteiger partial charge in [-0.25, -0.2) is 9.37 Å². The number of benzene rings is 2. The van der Waals surface area contributed by atoms with E-state index in [1.54, 1.807) is 24.7 Å². The first-order valence-electron chi connectivity index (χ1n) is 8.60. The summed E-state index contributed by atoms with van der Waals surface area (Å²) in [6.07, 6.45) is 4.46. The normalized spacial score (nSPS) is 21.4. The number of nitriles is 1. The molecule has 0 saturated heterocycles. The highest BCUT2D eigenvalue weighted by molar-refractivity contribution is 5.41. The molecule has 1 aliphatic heterocycles. The molecular formula is C21H18FN3O. The second kappa shape index (κ2) is 6.08. The SMILES string of the molecule is CCc1cccc([C@@]2(O)C[C@H](c3ccc(C#N)cc3F)n3cncc32)c1. The summed E-state index contributed by atoms with van der Waals surface area (Å²) in [4.78, 5) is 4.17. The number of imidazole rings is 1. The van der Waals surface area contributed by atoms with Gasteiger partial charge in [-0.3, -0.25) is 0 Å². The second-order valence-corrected chi connectivity index (χ2v) is 6.67. The van der Waals surface area contributed by atoms with E-state index in [1.165, 1.54) is 6.07 Å². The molecule has 130 valence electrons.